The lowest BCUT2D eigenvalue weighted by Gasteiger charge is -2.35. The number of hydrogen-bond acceptors (Lipinski definition) is 2. The van der Waals surface area contributed by atoms with Crippen LogP contribution in [0.3, 0.4) is 0 Å². The normalized spacial score (nSPS) is 23.7. The Morgan fingerprint density at radius 1 is 0.909 bits per heavy atom. The van der Waals surface area contributed by atoms with Gasteiger partial charge in [-0.2, -0.15) is 0 Å². The second-order valence-electron chi connectivity index (χ2n) is 6.21. The van der Waals surface area contributed by atoms with Crippen LogP contribution in [0.5, 0.6) is 11.5 Å². The first-order valence-corrected chi connectivity index (χ1v) is 8.17. The van der Waals surface area contributed by atoms with Crippen molar-refractivity contribution in [3.05, 3.63) is 66.2 Å². The van der Waals surface area contributed by atoms with Gasteiger partial charge in [-0.15, -0.1) is 0 Å². The molecule has 2 bridgehead atoms. The number of benzene rings is 2. The van der Waals surface area contributed by atoms with Crippen LogP contribution in [-0.4, -0.2) is 12.1 Å². The minimum Gasteiger partial charge on any atom is -0.457 e. The molecule has 0 aromatic heterocycles. The minimum absolute atomic E-state index is 0.535. The summed E-state index contributed by atoms with van der Waals surface area (Å²) >= 11 is 0. The van der Waals surface area contributed by atoms with Crippen LogP contribution in [0.2, 0.25) is 0 Å². The topological polar surface area (TPSA) is 21.3 Å². The number of rotatable bonds is 3. The number of nitrogens with one attached hydrogen (secondary N) is 1. The zero-order valence-corrected chi connectivity index (χ0v) is 12.7. The second-order valence-corrected chi connectivity index (χ2v) is 6.21. The Hall–Kier alpha value is -2.06. The fraction of sp³-hybridized carbons (Fsp3) is 0.300. The number of para-hydroxylation sites is 2. The molecule has 1 fully saturated rings. The second kappa shape index (κ2) is 5.98. The third kappa shape index (κ3) is 2.79. The largest absolute Gasteiger partial charge is 0.457 e. The van der Waals surface area contributed by atoms with Crippen LogP contribution in [0.15, 0.2) is 60.7 Å². The molecule has 2 aliphatic heterocycles. The van der Waals surface area contributed by atoms with Gasteiger partial charge >= 0.3 is 0 Å². The third-order valence-corrected chi connectivity index (χ3v) is 4.59. The van der Waals surface area contributed by atoms with E-state index < -0.39 is 0 Å². The molecule has 0 amide bonds. The van der Waals surface area contributed by atoms with Crippen molar-refractivity contribution in [2.45, 2.75) is 37.8 Å². The average molecular weight is 291 g/mol. The van der Waals surface area contributed by atoms with Crippen molar-refractivity contribution < 1.29 is 4.74 Å². The summed E-state index contributed by atoms with van der Waals surface area (Å²) in [6, 6.07) is 19.6. The highest BCUT2D eigenvalue weighted by Gasteiger charge is 2.26. The average Bonchev–Trinajstić information content (AvgIpc) is 2.56. The minimum atomic E-state index is 0.535. The zero-order valence-electron chi connectivity index (χ0n) is 12.7. The molecule has 2 heterocycles. The molecule has 2 nitrogen and oxygen atoms in total. The van der Waals surface area contributed by atoms with E-state index in [9.17, 15) is 0 Å². The van der Waals surface area contributed by atoms with Gasteiger partial charge in [-0.3, -0.25) is 0 Å². The van der Waals surface area contributed by atoms with Gasteiger partial charge in [0.25, 0.3) is 0 Å². The van der Waals surface area contributed by atoms with Gasteiger partial charge in [-0.05, 0) is 43.0 Å². The maximum absolute atomic E-state index is 6.12. The van der Waals surface area contributed by atoms with Gasteiger partial charge in [0.2, 0.25) is 0 Å². The van der Waals surface area contributed by atoms with E-state index in [1.54, 1.807) is 0 Å². The van der Waals surface area contributed by atoms with Crippen LogP contribution in [0.25, 0.3) is 5.57 Å². The SMILES string of the molecule is C1=C(c2ccccc2Oc2ccccc2)CC2CCCC1N2. The highest BCUT2D eigenvalue weighted by Crippen LogP contribution is 2.36. The van der Waals surface area contributed by atoms with E-state index in [2.05, 4.69) is 29.6 Å². The van der Waals surface area contributed by atoms with E-state index in [-0.39, 0.29) is 0 Å². The number of fused-ring (bicyclic) bond motifs is 2. The van der Waals surface area contributed by atoms with Crippen LogP contribution in [0, 0.1) is 0 Å². The molecule has 1 saturated heterocycles. The van der Waals surface area contributed by atoms with Gasteiger partial charge in [0.15, 0.2) is 0 Å². The number of hydrogen-bond donors (Lipinski definition) is 1. The number of ether oxygens (including phenoxy) is 1. The molecule has 2 atom stereocenters. The summed E-state index contributed by atoms with van der Waals surface area (Å²) in [6.07, 6.45) is 7.39. The third-order valence-electron chi connectivity index (χ3n) is 4.59. The Morgan fingerprint density at radius 3 is 2.59 bits per heavy atom. The van der Waals surface area contributed by atoms with Gasteiger partial charge in [0, 0.05) is 17.6 Å². The Balaban J connectivity index is 1.66. The summed E-state index contributed by atoms with van der Waals surface area (Å²) in [7, 11) is 0. The molecule has 112 valence electrons. The highest BCUT2D eigenvalue weighted by molar-refractivity contribution is 5.72. The lowest BCUT2D eigenvalue weighted by Crippen LogP contribution is -2.44. The first kappa shape index (κ1) is 13.6. The maximum atomic E-state index is 6.12. The van der Waals surface area contributed by atoms with Crippen molar-refractivity contribution in [3.63, 3.8) is 0 Å². The fourth-order valence-corrected chi connectivity index (χ4v) is 3.56. The van der Waals surface area contributed by atoms with E-state index in [0.717, 1.165) is 17.9 Å². The van der Waals surface area contributed by atoms with Crippen molar-refractivity contribution in [3.8, 4) is 11.5 Å². The molecular formula is C20H21NO. The van der Waals surface area contributed by atoms with Gasteiger partial charge in [-0.1, -0.05) is 48.9 Å². The van der Waals surface area contributed by atoms with Crippen molar-refractivity contribution in [1.29, 1.82) is 0 Å². The van der Waals surface area contributed by atoms with Crippen LogP contribution >= 0.6 is 0 Å². The summed E-state index contributed by atoms with van der Waals surface area (Å²) in [4.78, 5) is 0. The zero-order chi connectivity index (χ0) is 14.8. The van der Waals surface area contributed by atoms with Crippen molar-refractivity contribution in [1.82, 2.24) is 5.32 Å². The van der Waals surface area contributed by atoms with Crippen LogP contribution in [0.4, 0.5) is 0 Å². The smallest absolute Gasteiger partial charge is 0.134 e. The molecule has 0 aliphatic carbocycles. The van der Waals surface area contributed by atoms with E-state index in [1.165, 1.54) is 30.4 Å². The standard InChI is InChI=1S/C20H21NO/c1-2-9-18(10-3-1)22-20-12-5-4-11-19(20)15-13-16-7-6-8-17(14-15)21-16/h1-5,9-13,16-17,21H,6-8,14H2. The maximum Gasteiger partial charge on any atom is 0.134 e. The van der Waals surface area contributed by atoms with Crippen LogP contribution < -0.4 is 10.1 Å². The summed E-state index contributed by atoms with van der Waals surface area (Å²) < 4.78 is 6.12. The summed E-state index contributed by atoms with van der Waals surface area (Å²) in [5, 5.41) is 3.70. The van der Waals surface area contributed by atoms with E-state index in [1.807, 2.05) is 36.4 Å². The van der Waals surface area contributed by atoms with Crippen LogP contribution in [0.1, 0.15) is 31.2 Å². The molecule has 22 heavy (non-hydrogen) atoms. The van der Waals surface area contributed by atoms with Gasteiger partial charge in [-0.25, -0.2) is 0 Å². The van der Waals surface area contributed by atoms with Crippen LogP contribution in [-0.2, 0) is 0 Å². The van der Waals surface area contributed by atoms with Crippen molar-refractivity contribution >= 4 is 5.57 Å². The first-order valence-electron chi connectivity index (χ1n) is 8.17. The van der Waals surface area contributed by atoms with Crippen molar-refractivity contribution in [2.24, 2.45) is 0 Å². The Bertz CT molecular complexity index is 677. The molecule has 2 aliphatic rings. The molecule has 2 aromatic carbocycles. The molecule has 2 aromatic rings. The highest BCUT2D eigenvalue weighted by atomic mass is 16.5. The Kier molecular flexibility index (Phi) is 3.69. The first-order chi connectivity index (χ1) is 10.9. The molecule has 4 rings (SSSR count). The monoisotopic (exact) mass is 291 g/mol. The summed E-state index contributed by atoms with van der Waals surface area (Å²) in [5.74, 6) is 1.85. The molecule has 2 heteroatoms. The fourth-order valence-electron chi connectivity index (χ4n) is 3.56. The van der Waals surface area contributed by atoms with E-state index in [4.69, 9.17) is 4.74 Å². The Morgan fingerprint density at radius 2 is 1.73 bits per heavy atom. The predicted molar refractivity (Wildman–Crippen MR) is 90.1 cm³/mol. The lowest BCUT2D eigenvalue weighted by atomic mass is 9.84. The van der Waals surface area contributed by atoms with Gasteiger partial charge < -0.3 is 10.1 Å². The van der Waals surface area contributed by atoms with Gasteiger partial charge in [0.05, 0.1) is 0 Å². The number of piperidine rings is 1. The van der Waals surface area contributed by atoms with E-state index in [0.29, 0.717) is 12.1 Å². The van der Waals surface area contributed by atoms with E-state index >= 15 is 0 Å². The van der Waals surface area contributed by atoms with Gasteiger partial charge in [0.1, 0.15) is 11.5 Å². The molecular weight excluding hydrogens is 270 g/mol. The molecule has 1 N–H and O–H groups in total. The summed E-state index contributed by atoms with van der Waals surface area (Å²) in [5.41, 5.74) is 2.67. The quantitative estimate of drug-likeness (QED) is 0.879. The molecule has 0 saturated carbocycles. The molecule has 0 radical (unpaired) electrons. The lowest BCUT2D eigenvalue weighted by molar-refractivity contribution is 0.347. The molecule has 0 spiro atoms. The predicted octanol–water partition coefficient (Wildman–Crippen LogP) is 4.78. The Labute approximate surface area is 131 Å². The van der Waals surface area contributed by atoms with Crippen molar-refractivity contribution in [2.75, 3.05) is 0 Å². The summed E-state index contributed by atoms with van der Waals surface area (Å²) in [6.45, 7) is 0. The molecule has 2 unspecified atom stereocenters.